The lowest BCUT2D eigenvalue weighted by molar-refractivity contribution is -0.125. The fraction of sp³-hybridized carbons (Fsp3) is 0.882. The van der Waals surface area contributed by atoms with E-state index in [2.05, 4.69) is 31.0 Å². The van der Waals surface area contributed by atoms with Gasteiger partial charge in [0.25, 0.3) is 5.91 Å². The average molecular weight is 344 g/mol. The van der Waals surface area contributed by atoms with Gasteiger partial charge >= 0.3 is 6.03 Å². The van der Waals surface area contributed by atoms with Gasteiger partial charge in [-0.3, -0.25) is 4.79 Å². The fourth-order valence-corrected chi connectivity index (χ4v) is 2.98. The molecule has 1 heterocycles. The number of nitrogens with zero attached hydrogens (tertiary/aromatic N) is 2. The molecule has 0 aromatic carbocycles. The van der Waals surface area contributed by atoms with Crippen LogP contribution in [0.2, 0.25) is 0 Å². The number of rotatable bonds is 6. The quantitative estimate of drug-likeness (QED) is 0.768. The highest BCUT2D eigenvalue weighted by atomic mass is 19.1. The SMILES string of the molecule is CN(C)CCC(NC(=O)N1CCC(C(F)C(N)=O)CC1)C(C)(C)C. The van der Waals surface area contributed by atoms with Crippen molar-refractivity contribution in [3.63, 3.8) is 0 Å². The summed E-state index contributed by atoms with van der Waals surface area (Å²) in [7, 11) is 4.02. The van der Waals surface area contributed by atoms with Crippen LogP contribution in [0, 0.1) is 11.3 Å². The van der Waals surface area contributed by atoms with Crippen molar-refractivity contribution in [2.75, 3.05) is 33.7 Å². The van der Waals surface area contributed by atoms with E-state index in [1.807, 2.05) is 14.1 Å². The highest BCUT2D eigenvalue weighted by molar-refractivity contribution is 5.79. The lowest BCUT2D eigenvalue weighted by Crippen LogP contribution is -2.52. The monoisotopic (exact) mass is 344 g/mol. The number of primary amides is 1. The number of urea groups is 1. The second-order valence-electron chi connectivity index (χ2n) is 8.09. The number of alkyl halides is 1. The summed E-state index contributed by atoms with van der Waals surface area (Å²) < 4.78 is 13.7. The number of nitrogens with two attached hydrogens (primary N) is 1. The van der Waals surface area contributed by atoms with Crippen molar-refractivity contribution >= 4 is 11.9 Å². The molecule has 7 heteroatoms. The maximum absolute atomic E-state index is 13.7. The Labute approximate surface area is 144 Å². The number of likely N-dealkylation sites (tertiary alicyclic amines) is 1. The summed E-state index contributed by atoms with van der Waals surface area (Å²) in [5.74, 6) is -1.28. The van der Waals surface area contributed by atoms with Crippen LogP contribution in [0.4, 0.5) is 9.18 Å². The number of hydrogen-bond acceptors (Lipinski definition) is 3. The van der Waals surface area contributed by atoms with E-state index in [-0.39, 0.29) is 23.4 Å². The minimum atomic E-state index is -1.61. The van der Waals surface area contributed by atoms with E-state index in [1.54, 1.807) is 4.90 Å². The Bertz CT molecular complexity index is 429. The van der Waals surface area contributed by atoms with E-state index in [4.69, 9.17) is 5.73 Å². The number of carbonyl (C=O) groups is 2. The second kappa shape index (κ2) is 8.65. The third-order valence-electron chi connectivity index (χ3n) is 4.72. The molecule has 0 saturated carbocycles. The van der Waals surface area contributed by atoms with Crippen molar-refractivity contribution in [3.05, 3.63) is 0 Å². The summed E-state index contributed by atoms with van der Waals surface area (Å²) in [5, 5.41) is 3.12. The minimum absolute atomic E-state index is 0.0417. The number of halogens is 1. The predicted molar refractivity (Wildman–Crippen MR) is 93.3 cm³/mol. The maximum Gasteiger partial charge on any atom is 0.317 e. The van der Waals surface area contributed by atoms with Crippen molar-refractivity contribution < 1.29 is 14.0 Å². The van der Waals surface area contributed by atoms with Crippen molar-refractivity contribution in [1.29, 1.82) is 0 Å². The van der Waals surface area contributed by atoms with Crippen LogP contribution in [0.15, 0.2) is 0 Å². The first-order valence-electron chi connectivity index (χ1n) is 8.66. The van der Waals surface area contributed by atoms with Crippen LogP contribution in [0.1, 0.15) is 40.0 Å². The van der Waals surface area contributed by atoms with Crippen LogP contribution >= 0.6 is 0 Å². The number of piperidine rings is 1. The molecule has 1 saturated heterocycles. The molecule has 0 aromatic heterocycles. The van der Waals surface area contributed by atoms with Crippen LogP contribution in [0.5, 0.6) is 0 Å². The van der Waals surface area contributed by atoms with Crippen LogP contribution in [0.25, 0.3) is 0 Å². The Kier molecular flexibility index (Phi) is 7.45. The zero-order valence-electron chi connectivity index (χ0n) is 15.6. The first kappa shape index (κ1) is 20.7. The Morgan fingerprint density at radius 2 is 1.83 bits per heavy atom. The molecule has 2 unspecified atom stereocenters. The standard InChI is InChI=1S/C17H33FN4O2/c1-17(2,3)13(8-9-21(4)5)20-16(24)22-10-6-12(7-11-22)14(18)15(19)23/h12-14H,6-11H2,1-5H3,(H2,19,23)(H,20,24). The van der Waals surface area contributed by atoms with Crippen molar-refractivity contribution in [2.24, 2.45) is 17.1 Å². The van der Waals surface area contributed by atoms with Crippen LogP contribution in [-0.2, 0) is 4.79 Å². The summed E-state index contributed by atoms with van der Waals surface area (Å²) in [4.78, 5) is 27.3. The highest BCUT2D eigenvalue weighted by Crippen LogP contribution is 2.25. The van der Waals surface area contributed by atoms with E-state index in [0.29, 0.717) is 25.9 Å². The molecule has 2 atom stereocenters. The zero-order valence-corrected chi connectivity index (χ0v) is 15.6. The van der Waals surface area contributed by atoms with Crippen molar-refractivity contribution in [3.8, 4) is 0 Å². The van der Waals surface area contributed by atoms with Gasteiger partial charge in [-0.05, 0) is 45.3 Å². The lowest BCUT2D eigenvalue weighted by Gasteiger charge is -2.37. The van der Waals surface area contributed by atoms with Gasteiger partial charge in [-0.1, -0.05) is 20.8 Å². The summed E-state index contributed by atoms with van der Waals surface area (Å²) in [5.41, 5.74) is 4.98. The first-order valence-corrected chi connectivity index (χ1v) is 8.66. The minimum Gasteiger partial charge on any atom is -0.367 e. The molecule has 0 spiro atoms. The second-order valence-corrected chi connectivity index (χ2v) is 8.09. The van der Waals surface area contributed by atoms with Crippen LogP contribution in [-0.4, -0.2) is 67.7 Å². The van der Waals surface area contributed by atoms with Gasteiger partial charge in [0.05, 0.1) is 0 Å². The molecule has 0 aliphatic carbocycles. The molecule has 1 aliphatic heterocycles. The molecular formula is C17H33FN4O2. The Hall–Kier alpha value is -1.37. The largest absolute Gasteiger partial charge is 0.367 e. The lowest BCUT2D eigenvalue weighted by atomic mass is 9.84. The predicted octanol–water partition coefficient (Wildman–Crippen LogP) is 1.60. The molecule has 0 aromatic rings. The molecule has 3 N–H and O–H groups in total. The smallest absolute Gasteiger partial charge is 0.317 e. The molecule has 1 rings (SSSR count). The van der Waals surface area contributed by atoms with Crippen molar-refractivity contribution in [1.82, 2.24) is 15.1 Å². The molecule has 6 nitrogen and oxygen atoms in total. The third kappa shape index (κ3) is 6.26. The number of amides is 3. The van der Waals surface area contributed by atoms with Gasteiger partial charge in [0, 0.05) is 25.0 Å². The van der Waals surface area contributed by atoms with Gasteiger partial charge in [-0.15, -0.1) is 0 Å². The number of nitrogens with one attached hydrogen (secondary N) is 1. The molecule has 140 valence electrons. The fourth-order valence-electron chi connectivity index (χ4n) is 2.98. The summed E-state index contributed by atoms with van der Waals surface area (Å²) in [6.45, 7) is 8.14. The molecule has 1 fully saturated rings. The molecular weight excluding hydrogens is 311 g/mol. The van der Waals surface area contributed by atoms with Crippen molar-refractivity contribution in [2.45, 2.75) is 52.2 Å². The molecule has 0 radical (unpaired) electrons. The summed E-state index contributed by atoms with van der Waals surface area (Å²) >= 11 is 0. The molecule has 0 bridgehead atoms. The third-order valence-corrected chi connectivity index (χ3v) is 4.72. The van der Waals surface area contributed by atoms with Gasteiger partial charge in [0.2, 0.25) is 0 Å². The van der Waals surface area contributed by atoms with Gasteiger partial charge in [0.1, 0.15) is 0 Å². The molecule has 3 amide bonds. The summed E-state index contributed by atoms with van der Waals surface area (Å²) in [6.07, 6.45) is 0.190. The van der Waals surface area contributed by atoms with Crippen LogP contribution in [0.3, 0.4) is 0 Å². The normalized spacial score (nSPS) is 19.2. The van der Waals surface area contributed by atoms with Crippen LogP contribution < -0.4 is 11.1 Å². The number of hydrogen-bond donors (Lipinski definition) is 2. The maximum atomic E-state index is 13.7. The first-order chi connectivity index (χ1) is 11.0. The van der Waals surface area contributed by atoms with E-state index in [0.717, 1.165) is 13.0 Å². The zero-order chi connectivity index (χ0) is 18.5. The molecule has 1 aliphatic rings. The van der Waals surface area contributed by atoms with Gasteiger partial charge in [-0.25, -0.2) is 9.18 Å². The Morgan fingerprint density at radius 3 is 2.25 bits per heavy atom. The molecule has 24 heavy (non-hydrogen) atoms. The summed E-state index contributed by atoms with van der Waals surface area (Å²) in [6, 6.07) is -0.0497. The highest BCUT2D eigenvalue weighted by Gasteiger charge is 2.33. The van der Waals surface area contributed by atoms with E-state index in [1.165, 1.54) is 0 Å². The van der Waals surface area contributed by atoms with Gasteiger partial charge in [0.15, 0.2) is 6.17 Å². The van der Waals surface area contributed by atoms with E-state index in [9.17, 15) is 14.0 Å². The Balaban J connectivity index is 2.55. The number of carbonyl (C=O) groups excluding carboxylic acids is 2. The average Bonchev–Trinajstić information content (AvgIpc) is 2.49. The Morgan fingerprint density at radius 1 is 1.29 bits per heavy atom. The van der Waals surface area contributed by atoms with Gasteiger partial charge in [-0.2, -0.15) is 0 Å². The van der Waals surface area contributed by atoms with Gasteiger partial charge < -0.3 is 20.9 Å². The van der Waals surface area contributed by atoms with E-state index < -0.39 is 12.1 Å². The van der Waals surface area contributed by atoms with E-state index >= 15 is 0 Å². The topological polar surface area (TPSA) is 78.7 Å².